The van der Waals surface area contributed by atoms with Crippen LogP contribution >= 0.6 is 31.9 Å². The Labute approximate surface area is 89.7 Å². The van der Waals surface area contributed by atoms with Crippen LogP contribution in [-0.2, 0) is 0 Å². The lowest BCUT2D eigenvalue weighted by Gasteiger charge is -2.14. The van der Waals surface area contributed by atoms with Gasteiger partial charge in [-0.15, -0.1) is 0 Å². The van der Waals surface area contributed by atoms with Crippen LogP contribution in [-0.4, -0.2) is 9.65 Å². The van der Waals surface area contributed by atoms with E-state index in [4.69, 9.17) is 0 Å². The van der Waals surface area contributed by atoms with Crippen molar-refractivity contribution >= 4 is 31.9 Å². The first-order valence-corrected chi connectivity index (χ1v) is 5.93. The molecule has 0 radical (unpaired) electrons. The second kappa shape index (κ2) is 3.51. The summed E-state index contributed by atoms with van der Waals surface area (Å²) in [7, 11) is 0. The maximum atomic E-state index is 3.64. The van der Waals surface area contributed by atoms with E-state index in [9.17, 15) is 0 Å². The fourth-order valence-electron chi connectivity index (χ4n) is 1.53. The molecule has 0 N–H and O–H groups in total. The van der Waals surface area contributed by atoms with Crippen LogP contribution in [0.15, 0.2) is 36.5 Å². The van der Waals surface area contributed by atoms with E-state index in [0.29, 0.717) is 21.5 Å². The standard InChI is InChI=1S/C10H10Br2/c11-9-6-4-8-2-1-7(9)3-5-10(8)12/h1-10H/t7-,8-,9-,10+/m0/s1. The Morgan fingerprint density at radius 1 is 0.583 bits per heavy atom. The summed E-state index contributed by atoms with van der Waals surface area (Å²) in [5.74, 6) is 1.04. The normalized spacial score (nSPS) is 44.5. The molecule has 0 nitrogen and oxygen atoms in total. The molecule has 0 aliphatic heterocycles. The molecule has 0 aromatic rings. The van der Waals surface area contributed by atoms with Crippen molar-refractivity contribution in [3.8, 4) is 0 Å². The average Bonchev–Trinajstić information content (AvgIpc) is 2.33. The smallest absolute Gasteiger partial charge is 0.0423 e. The molecule has 0 unspecified atom stereocenters. The zero-order chi connectivity index (χ0) is 8.55. The van der Waals surface area contributed by atoms with Crippen molar-refractivity contribution in [1.29, 1.82) is 0 Å². The van der Waals surface area contributed by atoms with E-state index < -0.39 is 0 Å². The Bertz CT molecular complexity index is 223. The quantitative estimate of drug-likeness (QED) is 0.473. The van der Waals surface area contributed by atoms with Crippen molar-refractivity contribution in [1.82, 2.24) is 0 Å². The molecule has 64 valence electrons. The van der Waals surface area contributed by atoms with Gasteiger partial charge in [0.1, 0.15) is 0 Å². The fraction of sp³-hybridized carbons (Fsp3) is 0.400. The number of allylic oxidation sites excluding steroid dienone is 6. The van der Waals surface area contributed by atoms with E-state index in [1.807, 2.05) is 0 Å². The minimum absolute atomic E-state index is 0.468. The van der Waals surface area contributed by atoms with Gasteiger partial charge < -0.3 is 0 Å². The maximum Gasteiger partial charge on any atom is 0.0423 e. The van der Waals surface area contributed by atoms with Crippen LogP contribution in [0.1, 0.15) is 0 Å². The molecule has 12 heavy (non-hydrogen) atoms. The zero-order valence-electron chi connectivity index (χ0n) is 6.53. The Balaban J connectivity index is 2.35. The van der Waals surface area contributed by atoms with Crippen LogP contribution in [0.25, 0.3) is 0 Å². The van der Waals surface area contributed by atoms with Crippen molar-refractivity contribution in [3.63, 3.8) is 0 Å². The topological polar surface area (TPSA) is 0 Å². The fourth-order valence-corrected chi connectivity index (χ4v) is 2.59. The first-order chi connectivity index (χ1) is 5.77. The van der Waals surface area contributed by atoms with Gasteiger partial charge in [-0.2, -0.15) is 0 Å². The van der Waals surface area contributed by atoms with E-state index in [0.717, 1.165) is 0 Å². The maximum absolute atomic E-state index is 3.64. The molecular formula is C10H10Br2. The molecule has 0 aromatic carbocycles. The predicted molar refractivity (Wildman–Crippen MR) is 59.8 cm³/mol. The second-order valence-corrected chi connectivity index (χ2v) is 5.31. The van der Waals surface area contributed by atoms with Crippen LogP contribution in [0, 0.1) is 11.8 Å². The highest BCUT2D eigenvalue weighted by Gasteiger charge is 2.21. The van der Waals surface area contributed by atoms with Gasteiger partial charge in [0.25, 0.3) is 0 Å². The van der Waals surface area contributed by atoms with Gasteiger partial charge in [-0.25, -0.2) is 0 Å². The highest BCUT2D eigenvalue weighted by molar-refractivity contribution is 9.09. The highest BCUT2D eigenvalue weighted by atomic mass is 79.9. The third-order valence-electron chi connectivity index (χ3n) is 2.33. The number of rotatable bonds is 0. The first kappa shape index (κ1) is 8.76. The van der Waals surface area contributed by atoms with E-state index in [1.165, 1.54) is 0 Å². The van der Waals surface area contributed by atoms with Gasteiger partial charge in [0, 0.05) is 21.5 Å². The monoisotopic (exact) mass is 288 g/mol. The summed E-state index contributed by atoms with van der Waals surface area (Å²) in [6, 6.07) is 0. The predicted octanol–water partition coefficient (Wildman–Crippen LogP) is 3.44. The summed E-state index contributed by atoms with van der Waals surface area (Å²) in [5, 5.41) is 0. The summed E-state index contributed by atoms with van der Waals surface area (Å²) in [4.78, 5) is 0.935. The van der Waals surface area contributed by atoms with Crippen LogP contribution < -0.4 is 0 Å². The molecule has 0 fully saturated rings. The third-order valence-corrected chi connectivity index (χ3v) is 4.16. The van der Waals surface area contributed by atoms with Crippen LogP contribution in [0.2, 0.25) is 0 Å². The number of hydrogen-bond acceptors (Lipinski definition) is 0. The van der Waals surface area contributed by atoms with Gasteiger partial charge in [-0.1, -0.05) is 68.3 Å². The van der Waals surface area contributed by atoms with Crippen molar-refractivity contribution in [2.24, 2.45) is 11.8 Å². The van der Waals surface area contributed by atoms with Gasteiger partial charge in [-0.3, -0.25) is 0 Å². The second-order valence-electron chi connectivity index (χ2n) is 3.20. The summed E-state index contributed by atoms with van der Waals surface area (Å²) in [6.45, 7) is 0. The van der Waals surface area contributed by atoms with E-state index in [-0.39, 0.29) is 0 Å². The van der Waals surface area contributed by atoms with Gasteiger partial charge in [-0.05, 0) is 0 Å². The first-order valence-electron chi connectivity index (χ1n) is 4.10. The summed E-state index contributed by atoms with van der Waals surface area (Å²) in [6.07, 6.45) is 13.6. The lowest BCUT2D eigenvalue weighted by Crippen LogP contribution is -2.09. The molecule has 2 rings (SSSR count). The Morgan fingerprint density at radius 3 is 1.33 bits per heavy atom. The summed E-state index contributed by atoms with van der Waals surface area (Å²) in [5.41, 5.74) is 0. The molecule has 0 saturated carbocycles. The Kier molecular flexibility index (Phi) is 2.56. The van der Waals surface area contributed by atoms with Gasteiger partial charge >= 0.3 is 0 Å². The highest BCUT2D eigenvalue weighted by Crippen LogP contribution is 2.30. The molecule has 0 saturated heterocycles. The molecular weight excluding hydrogens is 280 g/mol. The lowest BCUT2D eigenvalue weighted by molar-refractivity contribution is 0.840. The van der Waals surface area contributed by atoms with Gasteiger partial charge in [0.2, 0.25) is 0 Å². The van der Waals surface area contributed by atoms with Crippen LogP contribution in [0.4, 0.5) is 0 Å². The van der Waals surface area contributed by atoms with E-state index in [1.54, 1.807) is 0 Å². The van der Waals surface area contributed by atoms with E-state index >= 15 is 0 Å². The molecule has 2 bridgehead atoms. The number of hydrogen-bond donors (Lipinski definition) is 0. The van der Waals surface area contributed by atoms with Crippen LogP contribution in [0.3, 0.4) is 0 Å². The lowest BCUT2D eigenvalue weighted by atomic mass is 10.0. The molecule has 0 amide bonds. The largest absolute Gasteiger partial charge is 0.0835 e. The SMILES string of the molecule is Br[C@@H]1C=C[C@@H]2C=C[C@H]1C=C[C@@H]2Br. The number of alkyl halides is 2. The number of halogens is 2. The molecule has 0 heterocycles. The number of fused-ring (bicyclic) bond motifs is 2. The van der Waals surface area contributed by atoms with Gasteiger partial charge in [0.15, 0.2) is 0 Å². The van der Waals surface area contributed by atoms with E-state index in [2.05, 4.69) is 68.3 Å². The van der Waals surface area contributed by atoms with Crippen molar-refractivity contribution in [2.45, 2.75) is 9.65 Å². The average molecular weight is 290 g/mol. The minimum atomic E-state index is 0.468. The Hall–Kier alpha value is 0.180. The molecule has 2 aliphatic rings. The third kappa shape index (κ3) is 1.60. The molecule has 0 spiro atoms. The van der Waals surface area contributed by atoms with Gasteiger partial charge in [0.05, 0.1) is 0 Å². The molecule has 2 aliphatic carbocycles. The summed E-state index contributed by atoms with van der Waals surface area (Å²) >= 11 is 7.28. The molecule has 0 aromatic heterocycles. The zero-order valence-corrected chi connectivity index (χ0v) is 9.70. The van der Waals surface area contributed by atoms with Crippen LogP contribution in [0.5, 0.6) is 0 Å². The molecule has 4 atom stereocenters. The molecule has 2 heteroatoms. The minimum Gasteiger partial charge on any atom is -0.0835 e. The summed E-state index contributed by atoms with van der Waals surface area (Å²) < 4.78 is 0. The van der Waals surface area contributed by atoms with Crippen molar-refractivity contribution in [3.05, 3.63) is 36.5 Å². The van der Waals surface area contributed by atoms with Crippen molar-refractivity contribution in [2.75, 3.05) is 0 Å². The van der Waals surface area contributed by atoms with Crippen molar-refractivity contribution < 1.29 is 0 Å². The Morgan fingerprint density at radius 2 is 0.917 bits per heavy atom.